The zero-order valence-electron chi connectivity index (χ0n) is 6.12. The summed E-state index contributed by atoms with van der Waals surface area (Å²) in [6.45, 7) is 0. The van der Waals surface area contributed by atoms with Gasteiger partial charge in [-0.1, -0.05) is 23.2 Å². The molecule has 0 saturated carbocycles. The average molecular weight is 230 g/mol. The predicted octanol–water partition coefficient (Wildman–Crippen LogP) is 3.59. The van der Waals surface area contributed by atoms with Crippen LogP contribution in [0, 0.1) is 0 Å². The van der Waals surface area contributed by atoms with Crippen LogP contribution in [0.25, 0.3) is 0 Å². The van der Waals surface area contributed by atoms with Crippen LogP contribution in [0.5, 0.6) is 0 Å². The summed E-state index contributed by atoms with van der Waals surface area (Å²) in [5.74, 6) is 0. The summed E-state index contributed by atoms with van der Waals surface area (Å²) in [4.78, 5) is 0. The quantitative estimate of drug-likeness (QED) is 0.677. The number of benzene rings is 1. The number of anilines is 1. The molecule has 0 heterocycles. The molecule has 0 saturated heterocycles. The lowest BCUT2D eigenvalue weighted by Gasteiger charge is -2.11. The van der Waals surface area contributed by atoms with Crippen molar-refractivity contribution in [1.29, 1.82) is 0 Å². The van der Waals surface area contributed by atoms with E-state index in [0.717, 1.165) is 12.1 Å². The van der Waals surface area contributed by atoms with Gasteiger partial charge in [0.15, 0.2) is 0 Å². The first-order valence-electron chi connectivity index (χ1n) is 3.14. The Kier molecular flexibility index (Phi) is 2.63. The highest BCUT2D eigenvalue weighted by atomic mass is 35.5. The van der Waals surface area contributed by atoms with E-state index in [2.05, 4.69) is 0 Å². The maximum atomic E-state index is 12.2. The van der Waals surface area contributed by atoms with Crippen molar-refractivity contribution in [3.8, 4) is 0 Å². The maximum Gasteiger partial charge on any atom is 0.419 e. The lowest BCUT2D eigenvalue weighted by Crippen LogP contribution is -2.09. The molecule has 0 fully saturated rings. The fourth-order valence-electron chi connectivity index (χ4n) is 0.893. The summed E-state index contributed by atoms with van der Waals surface area (Å²) < 4.78 is 36.7. The molecule has 0 amide bonds. The van der Waals surface area contributed by atoms with Crippen LogP contribution in [0.1, 0.15) is 5.56 Å². The normalized spacial score (nSPS) is 11.8. The van der Waals surface area contributed by atoms with Crippen LogP contribution in [-0.2, 0) is 6.18 Å². The van der Waals surface area contributed by atoms with Crippen LogP contribution in [0.15, 0.2) is 12.1 Å². The molecule has 0 aromatic heterocycles. The fourth-order valence-corrected chi connectivity index (χ4v) is 1.51. The first-order chi connectivity index (χ1) is 5.82. The average Bonchev–Trinajstić information content (AvgIpc) is 1.78. The molecule has 0 radical (unpaired) electrons. The van der Waals surface area contributed by atoms with Crippen molar-refractivity contribution >= 4 is 28.9 Å². The van der Waals surface area contributed by atoms with Gasteiger partial charge in [0.2, 0.25) is 0 Å². The molecule has 0 bridgehead atoms. The van der Waals surface area contributed by atoms with Crippen molar-refractivity contribution in [2.75, 3.05) is 5.73 Å². The molecule has 1 aromatic carbocycles. The highest BCUT2D eigenvalue weighted by Gasteiger charge is 2.35. The third-order valence-electron chi connectivity index (χ3n) is 1.37. The van der Waals surface area contributed by atoms with Crippen LogP contribution < -0.4 is 5.73 Å². The van der Waals surface area contributed by atoms with Gasteiger partial charge in [-0.05, 0) is 12.1 Å². The number of hydrogen-bond donors (Lipinski definition) is 1. The Morgan fingerprint density at radius 3 is 2.08 bits per heavy atom. The van der Waals surface area contributed by atoms with E-state index >= 15 is 0 Å². The summed E-state index contributed by atoms with van der Waals surface area (Å²) in [5.41, 5.74) is 3.61. The Morgan fingerprint density at radius 2 is 1.69 bits per heavy atom. The standard InChI is InChI=1S/C7H4Cl2F3N/c8-3-1-4(9)6(5(13)2-3)7(10,11)12/h1-2H,13H2. The van der Waals surface area contributed by atoms with Crippen molar-refractivity contribution in [3.63, 3.8) is 0 Å². The molecular weight excluding hydrogens is 226 g/mol. The van der Waals surface area contributed by atoms with E-state index in [1.54, 1.807) is 0 Å². The molecule has 13 heavy (non-hydrogen) atoms. The molecule has 0 unspecified atom stereocenters. The van der Waals surface area contributed by atoms with Crippen molar-refractivity contribution in [3.05, 3.63) is 27.7 Å². The van der Waals surface area contributed by atoms with Crippen molar-refractivity contribution < 1.29 is 13.2 Å². The number of halogens is 5. The zero-order valence-corrected chi connectivity index (χ0v) is 7.63. The van der Waals surface area contributed by atoms with Crippen LogP contribution in [-0.4, -0.2) is 0 Å². The largest absolute Gasteiger partial charge is 0.419 e. The number of alkyl halides is 3. The van der Waals surface area contributed by atoms with Gasteiger partial charge in [0.05, 0.1) is 10.6 Å². The number of nitrogen functional groups attached to an aromatic ring is 1. The summed E-state index contributed by atoms with van der Waals surface area (Å²) in [6, 6.07) is 2.01. The Balaban J connectivity index is 3.38. The topological polar surface area (TPSA) is 26.0 Å². The first kappa shape index (κ1) is 10.5. The van der Waals surface area contributed by atoms with E-state index in [4.69, 9.17) is 28.9 Å². The number of rotatable bonds is 0. The number of hydrogen-bond acceptors (Lipinski definition) is 1. The molecule has 1 aromatic rings. The van der Waals surface area contributed by atoms with Gasteiger partial charge in [0.1, 0.15) is 0 Å². The smallest absolute Gasteiger partial charge is 0.398 e. The molecule has 0 aliphatic heterocycles. The van der Waals surface area contributed by atoms with E-state index in [1.165, 1.54) is 0 Å². The summed E-state index contributed by atoms with van der Waals surface area (Å²) in [5, 5.41) is -0.409. The number of nitrogens with two attached hydrogens (primary N) is 1. The predicted molar refractivity (Wildman–Crippen MR) is 45.9 cm³/mol. The van der Waals surface area contributed by atoms with Crippen LogP contribution >= 0.6 is 23.2 Å². The molecule has 0 aliphatic rings. The molecule has 0 spiro atoms. The van der Waals surface area contributed by atoms with Crippen LogP contribution in [0.4, 0.5) is 18.9 Å². The van der Waals surface area contributed by atoms with Gasteiger partial charge in [-0.15, -0.1) is 0 Å². The Labute approximate surface area is 82.2 Å². The zero-order chi connectivity index (χ0) is 10.2. The van der Waals surface area contributed by atoms with Crippen LogP contribution in [0.3, 0.4) is 0 Å². The van der Waals surface area contributed by atoms with E-state index in [-0.39, 0.29) is 5.02 Å². The summed E-state index contributed by atoms with van der Waals surface area (Å²) in [6.07, 6.45) is -4.55. The van der Waals surface area contributed by atoms with Gasteiger partial charge in [-0.25, -0.2) is 0 Å². The lowest BCUT2D eigenvalue weighted by molar-refractivity contribution is -0.136. The van der Waals surface area contributed by atoms with Crippen molar-refractivity contribution in [1.82, 2.24) is 0 Å². The third kappa shape index (κ3) is 2.19. The fraction of sp³-hybridized carbons (Fsp3) is 0.143. The molecule has 0 aliphatic carbocycles. The van der Waals surface area contributed by atoms with Crippen molar-refractivity contribution in [2.24, 2.45) is 0 Å². The first-order valence-corrected chi connectivity index (χ1v) is 3.89. The molecule has 2 N–H and O–H groups in total. The monoisotopic (exact) mass is 229 g/mol. The summed E-state index contributed by atoms with van der Waals surface area (Å²) in [7, 11) is 0. The lowest BCUT2D eigenvalue weighted by atomic mass is 10.2. The van der Waals surface area contributed by atoms with E-state index < -0.39 is 22.4 Å². The van der Waals surface area contributed by atoms with Gasteiger partial charge >= 0.3 is 6.18 Å². The molecule has 6 heteroatoms. The Bertz CT molecular complexity index is 312. The second kappa shape index (κ2) is 3.27. The van der Waals surface area contributed by atoms with Gasteiger partial charge < -0.3 is 5.73 Å². The maximum absolute atomic E-state index is 12.2. The molecule has 1 rings (SSSR count). The molecule has 0 atom stereocenters. The minimum atomic E-state index is -4.55. The van der Waals surface area contributed by atoms with Gasteiger partial charge in [0, 0.05) is 10.7 Å². The highest BCUT2D eigenvalue weighted by molar-refractivity contribution is 6.35. The second-order valence-corrected chi connectivity index (χ2v) is 3.19. The van der Waals surface area contributed by atoms with E-state index in [0.29, 0.717) is 0 Å². The van der Waals surface area contributed by atoms with Gasteiger partial charge in [-0.3, -0.25) is 0 Å². The Morgan fingerprint density at radius 1 is 1.15 bits per heavy atom. The Hall–Kier alpha value is -0.610. The van der Waals surface area contributed by atoms with Crippen molar-refractivity contribution in [2.45, 2.75) is 6.18 Å². The van der Waals surface area contributed by atoms with Gasteiger partial charge in [-0.2, -0.15) is 13.2 Å². The SMILES string of the molecule is Nc1cc(Cl)cc(Cl)c1C(F)(F)F. The molecule has 72 valence electrons. The minimum Gasteiger partial charge on any atom is -0.398 e. The molecule has 1 nitrogen and oxygen atoms in total. The third-order valence-corrected chi connectivity index (χ3v) is 1.89. The second-order valence-electron chi connectivity index (χ2n) is 2.35. The minimum absolute atomic E-state index is 0.0792. The van der Waals surface area contributed by atoms with Gasteiger partial charge in [0.25, 0.3) is 0 Å². The highest BCUT2D eigenvalue weighted by Crippen LogP contribution is 2.39. The summed E-state index contributed by atoms with van der Waals surface area (Å²) >= 11 is 10.8. The molecular formula is C7H4Cl2F3N. The van der Waals surface area contributed by atoms with E-state index in [9.17, 15) is 13.2 Å². The van der Waals surface area contributed by atoms with E-state index in [1.807, 2.05) is 0 Å². The van der Waals surface area contributed by atoms with Crippen LogP contribution in [0.2, 0.25) is 10.0 Å².